The molecule has 0 N–H and O–H groups in total. The topological polar surface area (TPSA) is 0 Å². The molecule has 3 saturated carbocycles. The lowest BCUT2D eigenvalue weighted by Gasteiger charge is -2.40. The summed E-state index contributed by atoms with van der Waals surface area (Å²) >= 11 is 0. The van der Waals surface area contributed by atoms with E-state index >= 15 is 0 Å². The zero-order valence-electron chi connectivity index (χ0n) is 6.11. The van der Waals surface area contributed by atoms with Gasteiger partial charge in [0.1, 0.15) is 0 Å². The number of hydrogen-bond acceptors (Lipinski definition) is 0. The highest BCUT2D eigenvalue weighted by Gasteiger charge is 2.51. The third-order valence-electron chi connectivity index (χ3n) is 3.46. The summed E-state index contributed by atoms with van der Waals surface area (Å²) in [6, 6.07) is 0. The lowest BCUT2D eigenvalue weighted by Crippen LogP contribution is -2.29. The van der Waals surface area contributed by atoms with Crippen LogP contribution in [0.4, 0.5) is 0 Å². The molecule has 2 bridgehead atoms. The maximum Gasteiger partial charge on any atom is -0.00847 e. The van der Waals surface area contributed by atoms with Crippen LogP contribution in [0.1, 0.15) is 32.6 Å². The molecule has 0 amide bonds. The molecule has 3 aliphatic carbocycles. The molecule has 0 radical (unpaired) electrons. The van der Waals surface area contributed by atoms with Crippen molar-refractivity contribution in [2.24, 2.45) is 11.3 Å². The minimum atomic E-state index is 0.644. The first kappa shape index (κ1) is 5.52. The Kier molecular flexibility index (Phi) is 0.870. The summed E-state index contributed by atoms with van der Waals surface area (Å²) in [4.78, 5) is 0. The van der Waals surface area contributed by atoms with Crippen LogP contribution in [0.15, 0.2) is 12.2 Å². The standard InChI is InChI=1S/C9H14/c1-3-9-5-4-8(6-9)7(9)2/h8H,2-6H2,1H3. The molecule has 0 heterocycles. The molecule has 0 nitrogen and oxygen atoms in total. The molecule has 2 atom stereocenters. The van der Waals surface area contributed by atoms with Crippen LogP contribution in [-0.2, 0) is 0 Å². The fourth-order valence-corrected chi connectivity index (χ4v) is 2.57. The first-order valence-electron chi connectivity index (χ1n) is 3.98. The van der Waals surface area contributed by atoms with Crippen LogP contribution in [0.25, 0.3) is 0 Å². The smallest absolute Gasteiger partial charge is 0.00847 e. The molecule has 0 aromatic carbocycles. The largest absolute Gasteiger partial charge is 0.0990 e. The van der Waals surface area contributed by atoms with E-state index in [1.165, 1.54) is 25.7 Å². The molecular formula is C9H14. The van der Waals surface area contributed by atoms with Gasteiger partial charge in [0, 0.05) is 0 Å². The molecule has 2 unspecified atom stereocenters. The second kappa shape index (κ2) is 1.42. The van der Waals surface area contributed by atoms with Crippen molar-refractivity contribution in [3.8, 4) is 0 Å². The summed E-state index contributed by atoms with van der Waals surface area (Å²) in [5.74, 6) is 0.935. The SMILES string of the molecule is C=C1C2CCC1(CC)C2. The molecule has 9 heavy (non-hydrogen) atoms. The number of allylic oxidation sites excluding steroid dienone is 1. The van der Waals surface area contributed by atoms with Crippen LogP contribution >= 0.6 is 0 Å². The quantitative estimate of drug-likeness (QED) is 0.469. The van der Waals surface area contributed by atoms with Gasteiger partial charge < -0.3 is 0 Å². The first-order valence-corrected chi connectivity index (χ1v) is 3.98. The van der Waals surface area contributed by atoms with Gasteiger partial charge in [0.05, 0.1) is 0 Å². The minimum Gasteiger partial charge on any atom is -0.0990 e. The third kappa shape index (κ3) is 0.452. The number of rotatable bonds is 1. The summed E-state index contributed by atoms with van der Waals surface area (Å²) in [5, 5.41) is 0. The van der Waals surface area contributed by atoms with E-state index in [1.807, 2.05) is 0 Å². The molecule has 0 saturated heterocycles. The van der Waals surface area contributed by atoms with E-state index in [9.17, 15) is 0 Å². The van der Waals surface area contributed by atoms with Crippen LogP contribution in [-0.4, -0.2) is 0 Å². The predicted octanol–water partition coefficient (Wildman–Crippen LogP) is 2.75. The third-order valence-corrected chi connectivity index (χ3v) is 3.46. The Bertz CT molecular complexity index is 153. The van der Waals surface area contributed by atoms with Gasteiger partial charge in [-0.1, -0.05) is 19.1 Å². The van der Waals surface area contributed by atoms with Crippen molar-refractivity contribution in [1.29, 1.82) is 0 Å². The average Bonchev–Trinajstić information content (AvgIpc) is 2.41. The molecule has 3 rings (SSSR count). The highest BCUT2D eigenvalue weighted by atomic mass is 14.6. The number of hydrogen-bond donors (Lipinski definition) is 0. The fraction of sp³-hybridized carbons (Fsp3) is 0.778. The maximum atomic E-state index is 4.13. The molecule has 3 fully saturated rings. The second-order valence-electron chi connectivity index (χ2n) is 3.60. The van der Waals surface area contributed by atoms with E-state index in [0.29, 0.717) is 5.41 Å². The van der Waals surface area contributed by atoms with E-state index in [-0.39, 0.29) is 0 Å². The van der Waals surface area contributed by atoms with Crippen molar-refractivity contribution in [1.82, 2.24) is 0 Å². The number of fused-ring (bicyclic) bond motifs is 1. The van der Waals surface area contributed by atoms with Crippen LogP contribution in [0.5, 0.6) is 0 Å². The van der Waals surface area contributed by atoms with Crippen LogP contribution in [0.3, 0.4) is 0 Å². The van der Waals surface area contributed by atoms with Gasteiger partial charge in [-0.2, -0.15) is 0 Å². The molecule has 0 heteroatoms. The van der Waals surface area contributed by atoms with Crippen molar-refractivity contribution in [3.63, 3.8) is 0 Å². The Morgan fingerprint density at radius 2 is 2.56 bits per heavy atom. The second-order valence-corrected chi connectivity index (χ2v) is 3.60. The highest BCUT2D eigenvalue weighted by molar-refractivity contribution is 5.29. The first-order chi connectivity index (χ1) is 4.28. The van der Waals surface area contributed by atoms with Crippen LogP contribution in [0, 0.1) is 11.3 Å². The van der Waals surface area contributed by atoms with Crippen molar-refractivity contribution in [2.45, 2.75) is 32.6 Å². The minimum absolute atomic E-state index is 0.644. The summed E-state index contributed by atoms with van der Waals surface area (Å²) in [6.45, 7) is 6.43. The Hall–Kier alpha value is -0.260. The molecule has 0 aromatic heterocycles. The van der Waals surface area contributed by atoms with Crippen molar-refractivity contribution in [3.05, 3.63) is 12.2 Å². The molecule has 50 valence electrons. The summed E-state index contributed by atoms with van der Waals surface area (Å²) in [7, 11) is 0. The van der Waals surface area contributed by atoms with Gasteiger partial charge in [0.25, 0.3) is 0 Å². The Labute approximate surface area is 57.0 Å². The normalized spacial score (nSPS) is 47.2. The van der Waals surface area contributed by atoms with E-state index in [0.717, 1.165) is 5.92 Å². The van der Waals surface area contributed by atoms with Crippen molar-refractivity contribution < 1.29 is 0 Å². The lowest BCUT2D eigenvalue weighted by molar-refractivity contribution is 0.251. The Morgan fingerprint density at radius 3 is 2.78 bits per heavy atom. The fourth-order valence-electron chi connectivity index (χ4n) is 2.57. The van der Waals surface area contributed by atoms with Gasteiger partial charge in [0.15, 0.2) is 0 Å². The average molecular weight is 122 g/mol. The summed E-state index contributed by atoms with van der Waals surface area (Å²) in [5.41, 5.74) is 2.22. The van der Waals surface area contributed by atoms with Gasteiger partial charge >= 0.3 is 0 Å². The molecule has 0 spiro atoms. The van der Waals surface area contributed by atoms with Gasteiger partial charge in [-0.15, -0.1) is 0 Å². The Balaban J connectivity index is 2.25. The van der Waals surface area contributed by atoms with Gasteiger partial charge in [0.2, 0.25) is 0 Å². The summed E-state index contributed by atoms with van der Waals surface area (Å²) < 4.78 is 0. The monoisotopic (exact) mass is 122 g/mol. The van der Waals surface area contributed by atoms with Crippen molar-refractivity contribution in [2.75, 3.05) is 0 Å². The zero-order valence-corrected chi connectivity index (χ0v) is 6.11. The van der Waals surface area contributed by atoms with E-state index in [1.54, 1.807) is 5.57 Å². The highest BCUT2D eigenvalue weighted by Crippen LogP contribution is 2.63. The molecule has 0 aliphatic heterocycles. The molecular weight excluding hydrogens is 108 g/mol. The van der Waals surface area contributed by atoms with E-state index < -0.39 is 0 Å². The van der Waals surface area contributed by atoms with Gasteiger partial charge in [-0.05, 0) is 37.0 Å². The zero-order chi connectivity index (χ0) is 6.48. The van der Waals surface area contributed by atoms with E-state index in [4.69, 9.17) is 0 Å². The Morgan fingerprint density at radius 1 is 1.78 bits per heavy atom. The molecule has 3 aliphatic rings. The van der Waals surface area contributed by atoms with Gasteiger partial charge in [-0.25, -0.2) is 0 Å². The van der Waals surface area contributed by atoms with Crippen LogP contribution in [0.2, 0.25) is 0 Å². The van der Waals surface area contributed by atoms with Crippen molar-refractivity contribution >= 4 is 0 Å². The van der Waals surface area contributed by atoms with E-state index in [2.05, 4.69) is 13.5 Å². The maximum absolute atomic E-state index is 4.13. The van der Waals surface area contributed by atoms with Gasteiger partial charge in [-0.3, -0.25) is 0 Å². The summed E-state index contributed by atoms with van der Waals surface area (Å²) in [6.07, 6.45) is 5.67. The molecule has 0 aromatic rings. The predicted molar refractivity (Wildman–Crippen MR) is 39.2 cm³/mol. The van der Waals surface area contributed by atoms with Crippen LogP contribution < -0.4 is 0 Å². The lowest BCUT2D eigenvalue weighted by atomic mass is 9.64.